The van der Waals surface area contributed by atoms with E-state index in [1.165, 1.54) is 4.80 Å². The van der Waals surface area contributed by atoms with Crippen LogP contribution in [0.2, 0.25) is 5.02 Å². The fourth-order valence-electron chi connectivity index (χ4n) is 2.27. The van der Waals surface area contributed by atoms with Crippen molar-refractivity contribution >= 4 is 17.5 Å². The van der Waals surface area contributed by atoms with Crippen molar-refractivity contribution < 1.29 is 4.79 Å². The topological polar surface area (TPSA) is 77.6 Å². The van der Waals surface area contributed by atoms with Gasteiger partial charge in [-0.2, -0.15) is 9.90 Å². The van der Waals surface area contributed by atoms with Crippen molar-refractivity contribution in [1.29, 1.82) is 0 Å². The van der Waals surface area contributed by atoms with Gasteiger partial charge < -0.3 is 9.88 Å². The van der Waals surface area contributed by atoms with Crippen LogP contribution in [-0.4, -0.2) is 37.0 Å². The zero-order valence-corrected chi connectivity index (χ0v) is 13.9. The van der Waals surface area contributed by atoms with Crippen molar-refractivity contribution in [1.82, 2.24) is 29.9 Å². The molecule has 3 aromatic rings. The SMILES string of the molecule is Cc1nn(-c2cccc(Cl)c2)nc1C(=O)NCCCn1ccnc1. The zero-order valence-electron chi connectivity index (χ0n) is 13.2. The van der Waals surface area contributed by atoms with Crippen molar-refractivity contribution in [3.05, 3.63) is 59.4 Å². The summed E-state index contributed by atoms with van der Waals surface area (Å²) in [5.41, 5.74) is 1.60. The summed E-state index contributed by atoms with van der Waals surface area (Å²) in [7, 11) is 0. The number of rotatable bonds is 6. The number of aryl methyl sites for hydroxylation is 2. The second kappa shape index (κ2) is 7.27. The Labute approximate surface area is 144 Å². The van der Waals surface area contributed by atoms with E-state index < -0.39 is 0 Å². The first-order valence-corrected chi connectivity index (χ1v) is 7.95. The van der Waals surface area contributed by atoms with Crippen molar-refractivity contribution in [2.75, 3.05) is 6.54 Å². The van der Waals surface area contributed by atoms with Gasteiger partial charge in [-0.1, -0.05) is 17.7 Å². The quantitative estimate of drug-likeness (QED) is 0.696. The molecule has 2 aromatic heterocycles. The smallest absolute Gasteiger partial charge is 0.273 e. The molecule has 1 amide bonds. The minimum atomic E-state index is -0.230. The first-order chi connectivity index (χ1) is 11.6. The number of hydrogen-bond acceptors (Lipinski definition) is 4. The Bertz CT molecular complexity index is 827. The van der Waals surface area contributed by atoms with E-state index in [-0.39, 0.29) is 5.91 Å². The molecule has 0 aliphatic heterocycles. The molecule has 3 rings (SSSR count). The number of nitrogens with one attached hydrogen (secondary N) is 1. The first-order valence-electron chi connectivity index (χ1n) is 7.57. The molecule has 0 saturated carbocycles. The molecule has 0 saturated heterocycles. The number of amides is 1. The summed E-state index contributed by atoms with van der Waals surface area (Å²) in [6, 6.07) is 7.16. The van der Waals surface area contributed by atoms with Crippen molar-refractivity contribution in [3.8, 4) is 5.69 Å². The van der Waals surface area contributed by atoms with Crippen LogP contribution in [0.4, 0.5) is 0 Å². The largest absolute Gasteiger partial charge is 0.351 e. The fourth-order valence-corrected chi connectivity index (χ4v) is 2.46. The molecule has 0 aliphatic rings. The Kier molecular flexibility index (Phi) is 4.90. The van der Waals surface area contributed by atoms with Crippen LogP contribution in [0.25, 0.3) is 5.69 Å². The van der Waals surface area contributed by atoms with Crippen LogP contribution >= 0.6 is 11.6 Å². The van der Waals surface area contributed by atoms with E-state index in [4.69, 9.17) is 11.6 Å². The fraction of sp³-hybridized carbons (Fsp3) is 0.250. The van der Waals surface area contributed by atoms with Crippen LogP contribution in [0.15, 0.2) is 43.0 Å². The predicted octanol–water partition coefficient (Wildman–Crippen LogP) is 2.25. The van der Waals surface area contributed by atoms with Gasteiger partial charge >= 0.3 is 0 Å². The summed E-state index contributed by atoms with van der Waals surface area (Å²) < 4.78 is 1.97. The molecule has 0 atom stereocenters. The van der Waals surface area contributed by atoms with E-state index in [9.17, 15) is 4.79 Å². The molecule has 8 heteroatoms. The molecule has 0 radical (unpaired) electrons. The molecule has 2 heterocycles. The molecular weight excluding hydrogens is 328 g/mol. The molecule has 1 aromatic carbocycles. The number of carbonyl (C=O) groups is 1. The number of nitrogens with zero attached hydrogens (tertiary/aromatic N) is 5. The zero-order chi connectivity index (χ0) is 16.9. The van der Waals surface area contributed by atoms with Crippen LogP contribution in [0.1, 0.15) is 22.6 Å². The number of benzene rings is 1. The standard InChI is InChI=1S/C16H17ClN6O/c1-12-15(16(24)19-6-3-8-22-9-7-18-11-22)21-23(20-12)14-5-2-4-13(17)10-14/h2,4-5,7,9-11H,3,6,8H2,1H3,(H,19,24). The summed E-state index contributed by atoms with van der Waals surface area (Å²) in [4.78, 5) is 17.7. The van der Waals surface area contributed by atoms with Gasteiger partial charge in [0.2, 0.25) is 0 Å². The van der Waals surface area contributed by atoms with Gasteiger partial charge in [-0.3, -0.25) is 4.79 Å². The van der Waals surface area contributed by atoms with Crippen LogP contribution in [0.3, 0.4) is 0 Å². The van der Waals surface area contributed by atoms with Crippen LogP contribution in [0, 0.1) is 6.92 Å². The molecule has 0 bridgehead atoms. The molecule has 24 heavy (non-hydrogen) atoms. The third-order valence-corrected chi connectivity index (χ3v) is 3.71. The molecular formula is C16H17ClN6O. The van der Waals surface area contributed by atoms with E-state index in [1.54, 1.807) is 31.6 Å². The van der Waals surface area contributed by atoms with Gasteiger partial charge in [-0.15, -0.1) is 5.10 Å². The summed E-state index contributed by atoms with van der Waals surface area (Å²) in [6.45, 7) is 3.11. The maximum atomic E-state index is 12.3. The second-order valence-electron chi connectivity index (χ2n) is 5.31. The highest BCUT2D eigenvalue weighted by atomic mass is 35.5. The summed E-state index contributed by atoms with van der Waals surface area (Å²) >= 11 is 5.98. The molecule has 124 valence electrons. The van der Waals surface area contributed by atoms with Gasteiger partial charge in [0.25, 0.3) is 5.91 Å². The molecule has 0 unspecified atom stereocenters. The van der Waals surface area contributed by atoms with Crippen LogP contribution in [0.5, 0.6) is 0 Å². The normalized spacial score (nSPS) is 10.8. The van der Waals surface area contributed by atoms with Crippen molar-refractivity contribution in [3.63, 3.8) is 0 Å². The number of carbonyl (C=O) groups excluding carboxylic acids is 1. The van der Waals surface area contributed by atoms with Crippen LogP contribution in [-0.2, 0) is 6.54 Å². The Morgan fingerprint density at radius 2 is 2.21 bits per heavy atom. The van der Waals surface area contributed by atoms with Gasteiger partial charge in [0, 0.05) is 30.5 Å². The summed E-state index contributed by atoms with van der Waals surface area (Å²) in [5, 5.41) is 12.0. The lowest BCUT2D eigenvalue weighted by molar-refractivity contribution is 0.0946. The second-order valence-corrected chi connectivity index (χ2v) is 5.75. The summed E-state index contributed by atoms with van der Waals surface area (Å²) in [6.07, 6.45) is 6.19. The van der Waals surface area contributed by atoms with Crippen molar-refractivity contribution in [2.24, 2.45) is 0 Å². The average Bonchev–Trinajstić information content (AvgIpc) is 3.21. The van der Waals surface area contributed by atoms with Gasteiger partial charge in [0.15, 0.2) is 5.69 Å². The van der Waals surface area contributed by atoms with Gasteiger partial charge in [0.05, 0.1) is 17.7 Å². The molecule has 0 aliphatic carbocycles. The minimum absolute atomic E-state index is 0.230. The average molecular weight is 345 g/mol. The summed E-state index contributed by atoms with van der Waals surface area (Å²) in [5.74, 6) is -0.230. The van der Waals surface area contributed by atoms with Gasteiger partial charge in [0.1, 0.15) is 0 Å². The Hall–Kier alpha value is -2.67. The number of hydrogen-bond donors (Lipinski definition) is 1. The lowest BCUT2D eigenvalue weighted by Crippen LogP contribution is -2.26. The third-order valence-electron chi connectivity index (χ3n) is 3.47. The van der Waals surface area contributed by atoms with E-state index in [0.717, 1.165) is 13.0 Å². The van der Waals surface area contributed by atoms with Crippen LogP contribution < -0.4 is 5.32 Å². The van der Waals surface area contributed by atoms with Crippen molar-refractivity contribution in [2.45, 2.75) is 19.9 Å². The first kappa shape index (κ1) is 16.2. The van der Waals surface area contributed by atoms with E-state index in [0.29, 0.717) is 28.6 Å². The maximum absolute atomic E-state index is 12.3. The molecule has 0 spiro atoms. The monoisotopic (exact) mass is 344 g/mol. The highest BCUT2D eigenvalue weighted by Crippen LogP contribution is 2.14. The molecule has 7 nitrogen and oxygen atoms in total. The highest BCUT2D eigenvalue weighted by Gasteiger charge is 2.16. The molecule has 1 N–H and O–H groups in total. The Morgan fingerprint density at radius 1 is 1.33 bits per heavy atom. The highest BCUT2D eigenvalue weighted by molar-refractivity contribution is 6.30. The molecule has 0 fully saturated rings. The van der Waals surface area contributed by atoms with E-state index >= 15 is 0 Å². The number of imidazole rings is 1. The predicted molar refractivity (Wildman–Crippen MR) is 90.3 cm³/mol. The number of aromatic nitrogens is 5. The maximum Gasteiger partial charge on any atom is 0.273 e. The van der Waals surface area contributed by atoms with E-state index in [2.05, 4.69) is 20.5 Å². The minimum Gasteiger partial charge on any atom is -0.351 e. The Morgan fingerprint density at radius 3 is 2.96 bits per heavy atom. The van der Waals surface area contributed by atoms with E-state index in [1.807, 2.05) is 22.9 Å². The van der Waals surface area contributed by atoms with Gasteiger partial charge in [-0.05, 0) is 31.5 Å². The number of halogens is 1. The Balaban J connectivity index is 1.60. The lowest BCUT2D eigenvalue weighted by Gasteiger charge is -2.04. The lowest BCUT2D eigenvalue weighted by atomic mass is 10.3. The third kappa shape index (κ3) is 3.80. The van der Waals surface area contributed by atoms with Gasteiger partial charge in [-0.25, -0.2) is 4.98 Å².